The highest BCUT2D eigenvalue weighted by molar-refractivity contribution is 5.34. The minimum absolute atomic E-state index is 0.00429. The third kappa shape index (κ3) is 2.67. The molecule has 2 rings (SSSR count). The third-order valence-corrected chi connectivity index (χ3v) is 5.07. The minimum atomic E-state index is -0.129. The first-order chi connectivity index (χ1) is 10.4. The Labute approximate surface area is 132 Å². The van der Waals surface area contributed by atoms with E-state index in [1.807, 2.05) is 6.08 Å². The van der Waals surface area contributed by atoms with Crippen LogP contribution >= 0.6 is 0 Å². The van der Waals surface area contributed by atoms with Gasteiger partial charge in [-0.1, -0.05) is 26.8 Å². The van der Waals surface area contributed by atoms with Gasteiger partial charge in [0.2, 0.25) is 5.88 Å². The minimum Gasteiger partial charge on any atom is -0.480 e. The Hall–Kier alpha value is -1.71. The summed E-state index contributed by atoms with van der Waals surface area (Å²) in [6.45, 7) is 10.7. The van der Waals surface area contributed by atoms with Gasteiger partial charge in [0, 0.05) is 12.0 Å². The van der Waals surface area contributed by atoms with Crippen LogP contribution < -0.4 is 15.0 Å². The lowest BCUT2D eigenvalue weighted by molar-refractivity contribution is 0.110. The molecular weight excluding hydrogens is 278 g/mol. The van der Waals surface area contributed by atoms with E-state index in [2.05, 4.69) is 27.4 Å². The molecule has 0 bridgehead atoms. The molecule has 22 heavy (non-hydrogen) atoms. The summed E-state index contributed by atoms with van der Waals surface area (Å²) in [6.07, 6.45) is 5.73. The predicted molar refractivity (Wildman–Crippen MR) is 88.4 cm³/mol. The second-order valence-corrected chi connectivity index (χ2v) is 6.82. The molecule has 1 aliphatic carbocycles. The van der Waals surface area contributed by atoms with Gasteiger partial charge in [-0.05, 0) is 30.1 Å². The highest BCUT2D eigenvalue weighted by atomic mass is 16.7. The summed E-state index contributed by atoms with van der Waals surface area (Å²) in [7, 11) is 3.14. The number of pyridine rings is 1. The van der Waals surface area contributed by atoms with Gasteiger partial charge in [-0.2, -0.15) is 4.73 Å². The van der Waals surface area contributed by atoms with Crippen LogP contribution in [0.5, 0.6) is 5.88 Å². The molecule has 1 aliphatic rings. The summed E-state index contributed by atoms with van der Waals surface area (Å²) in [6, 6.07) is 1.55. The molecule has 1 saturated carbocycles. The number of nitrogens with zero attached hydrogens (tertiary/aromatic N) is 1. The summed E-state index contributed by atoms with van der Waals surface area (Å²) in [4.78, 5) is 17.9. The number of aromatic nitrogens is 1. The van der Waals surface area contributed by atoms with E-state index in [0.717, 1.165) is 12.8 Å². The number of methoxy groups -OCH3 is 1. The van der Waals surface area contributed by atoms with Gasteiger partial charge in [0.25, 0.3) is 0 Å². The number of hydrogen-bond donors (Lipinski definition) is 0. The van der Waals surface area contributed by atoms with Crippen molar-refractivity contribution in [3.8, 4) is 5.88 Å². The fourth-order valence-corrected chi connectivity index (χ4v) is 4.35. The first-order valence-corrected chi connectivity index (χ1v) is 7.85. The average Bonchev–Trinajstić information content (AvgIpc) is 2.47. The maximum absolute atomic E-state index is 12.6. The van der Waals surface area contributed by atoms with Gasteiger partial charge < -0.3 is 9.57 Å². The van der Waals surface area contributed by atoms with E-state index in [-0.39, 0.29) is 16.8 Å². The van der Waals surface area contributed by atoms with Crippen molar-refractivity contribution in [2.75, 3.05) is 14.2 Å². The summed E-state index contributed by atoms with van der Waals surface area (Å²) in [5, 5.41) is 0. The molecule has 0 radical (unpaired) electrons. The Morgan fingerprint density at radius 1 is 1.41 bits per heavy atom. The lowest BCUT2D eigenvalue weighted by Gasteiger charge is -2.46. The Kier molecular flexibility index (Phi) is 4.69. The number of allylic oxidation sites excluding steroid dienone is 1. The molecule has 0 N–H and O–H groups in total. The van der Waals surface area contributed by atoms with E-state index in [1.165, 1.54) is 4.73 Å². The summed E-state index contributed by atoms with van der Waals surface area (Å²) in [5.74, 6) is 1.57. The van der Waals surface area contributed by atoms with E-state index >= 15 is 0 Å². The molecule has 0 aliphatic heterocycles. The van der Waals surface area contributed by atoms with Crippen LogP contribution in [0.4, 0.5) is 0 Å². The molecule has 0 spiro atoms. The molecule has 0 saturated heterocycles. The van der Waals surface area contributed by atoms with Crippen LogP contribution in [0.25, 0.3) is 0 Å². The zero-order valence-corrected chi connectivity index (χ0v) is 14.3. The third-order valence-electron chi connectivity index (χ3n) is 5.07. The van der Waals surface area contributed by atoms with Crippen LogP contribution in [0.2, 0.25) is 0 Å². The average molecular weight is 305 g/mol. The van der Waals surface area contributed by atoms with Gasteiger partial charge >= 0.3 is 0 Å². The van der Waals surface area contributed by atoms with Gasteiger partial charge in [-0.15, -0.1) is 6.58 Å². The van der Waals surface area contributed by atoms with Crippen LogP contribution in [0.3, 0.4) is 0 Å². The molecule has 1 fully saturated rings. The van der Waals surface area contributed by atoms with Crippen molar-refractivity contribution < 1.29 is 9.57 Å². The highest BCUT2D eigenvalue weighted by Gasteiger charge is 2.44. The van der Waals surface area contributed by atoms with Gasteiger partial charge in [-0.3, -0.25) is 4.79 Å². The molecule has 1 aromatic heterocycles. The van der Waals surface area contributed by atoms with Crippen molar-refractivity contribution in [3.63, 3.8) is 0 Å². The molecule has 4 heteroatoms. The highest BCUT2D eigenvalue weighted by Crippen LogP contribution is 2.53. The Bertz CT molecular complexity index is 607. The van der Waals surface area contributed by atoms with Crippen molar-refractivity contribution in [3.05, 3.63) is 40.7 Å². The second-order valence-electron chi connectivity index (χ2n) is 6.82. The SMILES string of the molecule is C=C[C@]1(C)C[C@H](C)C[C@H](C)[C@H]1c1c(OC)n(OC)ccc1=O. The van der Waals surface area contributed by atoms with Crippen LogP contribution in [-0.4, -0.2) is 19.0 Å². The Balaban J connectivity index is 2.67. The van der Waals surface area contributed by atoms with Crippen LogP contribution in [-0.2, 0) is 0 Å². The summed E-state index contributed by atoms with van der Waals surface area (Å²) < 4.78 is 7.04. The van der Waals surface area contributed by atoms with Crippen LogP contribution in [0.15, 0.2) is 29.7 Å². The standard InChI is InChI=1S/C18H27NO3/c1-7-18(4)11-12(2)10-13(3)16(18)15-14(20)8-9-19(22-6)17(15)21-5/h7-9,12-13,16H,1,10-11H2,2-6H3/t12-,13+,16+,18-/m1/s1. The fourth-order valence-electron chi connectivity index (χ4n) is 4.35. The largest absolute Gasteiger partial charge is 0.480 e. The maximum atomic E-state index is 12.6. The van der Waals surface area contributed by atoms with Gasteiger partial charge in [0.15, 0.2) is 5.43 Å². The van der Waals surface area contributed by atoms with Gasteiger partial charge in [0.1, 0.15) is 7.11 Å². The molecule has 4 nitrogen and oxygen atoms in total. The number of ether oxygens (including phenoxy) is 1. The predicted octanol–water partition coefficient (Wildman–Crippen LogP) is 3.26. The number of rotatable bonds is 4. The molecule has 1 heterocycles. The molecule has 122 valence electrons. The zero-order valence-electron chi connectivity index (χ0n) is 14.3. The number of hydrogen-bond acceptors (Lipinski definition) is 3. The molecular formula is C18H27NO3. The molecule has 1 aromatic rings. The summed E-state index contributed by atoms with van der Waals surface area (Å²) in [5.41, 5.74) is 0.578. The first-order valence-electron chi connectivity index (χ1n) is 7.85. The van der Waals surface area contributed by atoms with Crippen molar-refractivity contribution in [1.82, 2.24) is 4.73 Å². The van der Waals surface area contributed by atoms with Crippen molar-refractivity contribution in [2.45, 2.75) is 39.5 Å². The first kappa shape index (κ1) is 16.7. The molecule has 0 aromatic carbocycles. The maximum Gasteiger partial charge on any atom is 0.234 e. The molecule has 4 atom stereocenters. The van der Waals surface area contributed by atoms with Crippen molar-refractivity contribution >= 4 is 0 Å². The monoisotopic (exact) mass is 305 g/mol. The van der Waals surface area contributed by atoms with E-state index in [1.54, 1.807) is 26.5 Å². The normalized spacial score (nSPS) is 31.6. The van der Waals surface area contributed by atoms with Gasteiger partial charge in [-0.25, -0.2) is 0 Å². The van der Waals surface area contributed by atoms with Crippen molar-refractivity contribution in [2.24, 2.45) is 17.3 Å². The smallest absolute Gasteiger partial charge is 0.234 e. The lowest BCUT2D eigenvalue weighted by Crippen LogP contribution is -2.39. The summed E-state index contributed by atoms with van der Waals surface area (Å²) >= 11 is 0. The fraction of sp³-hybridized carbons (Fsp3) is 0.611. The molecule has 0 unspecified atom stereocenters. The van der Waals surface area contributed by atoms with E-state index in [4.69, 9.17) is 9.57 Å². The second kappa shape index (κ2) is 6.19. The van der Waals surface area contributed by atoms with Crippen LogP contribution in [0.1, 0.15) is 45.1 Å². The van der Waals surface area contributed by atoms with E-state index in [0.29, 0.717) is 23.3 Å². The Morgan fingerprint density at radius 3 is 2.64 bits per heavy atom. The quantitative estimate of drug-likeness (QED) is 0.802. The zero-order chi connectivity index (χ0) is 16.5. The lowest BCUT2D eigenvalue weighted by atomic mass is 9.58. The molecule has 0 amide bonds. The van der Waals surface area contributed by atoms with Gasteiger partial charge in [0.05, 0.1) is 18.9 Å². The van der Waals surface area contributed by atoms with E-state index in [9.17, 15) is 4.79 Å². The Morgan fingerprint density at radius 2 is 2.09 bits per heavy atom. The topological polar surface area (TPSA) is 40.5 Å². The van der Waals surface area contributed by atoms with E-state index < -0.39 is 0 Å². The van der Waals surface area contributed by atoms with Crippen molar-refractivity contribution in [1.29, 1.82) is 0 Å². The van der Waals surface area contributed by atoms with Crippen LogP contribution in [0, 0.1) is 17.3 Å².